The first kappa shape index (κ1) is 18.3. The van der Waals surface area contributed by atoms with Crippen LogP contribution in [0.25, 0.3) is 0 Å². The summed E-state index contributed by atoms with van der Waals surface area (Å²) in [5.74, 6) is 0.563. The SMILES string of the molecule is COc1ccccc1CNC(=O)CCC(C)Sc1ccc(F)cc1. The van der Waals surface area contributed by atoms with Gasteiger partial charge in [-0.3, -0.25) is 4.79 Å². The van der Waals surface area contributed by atoms with Crippen molar-refractivity contribution in [1.29, 1.82) is 0 Å². The second kappa shape index (κ2) is 9.33. The van der Waals surface area contributed by atoms with Gasteiger partial charge in [-0.15, -0.1) is 11.8 Å². The highest BCUT2D eigenvalue weighted by atomic mass is 32.2. The summed E-state index contributed by atoms with van der Waals surface area (Å²) in [6.07, 6.45) is 1.23. The number of halogens is 1. The third kappa shape index (κ3) is 5.89. The van der Waals surface area contributed by atoms with Crippen molar-refractivity contribution >= 4 is 17.7 Å². The average molecular weight is 347 g/mol. The van der Waals surface area contributed by atoms with Crippen LogP contribution in [0.1, 0.15) is 25.3 Å². The van der Waals surface area contributed by atoms with Crippen molar-refractivity contribution in [2.24, 2.45) is 0 Å². The molecule has 0 aromatic heterocycles. The molecule has 0 aliphatic rings. The van der Waals surface area contributed by atoms with Crippen molar-refractivity contribution in [3.8, 4) is 5.75 Å². The van der Waals surface area contributed by atoms with Crippen LogP contribution in [0.3, 0.4) is 0 Å². The maximum absolute atomic E-state index is 12.9. The monoisotopic (exact) mass is 347 g/mol. The highest BCUT2D eigenvalue weighted by molar-refractivity contribution is 7.99. The quantitative estimate of drug-likeness (QED) is 0.719. The molecule has 2 aromatic carbocycles. The summed E-state index contributed by atoms with van der Waals surface area (Å²) >= 11 is 1.65. The first-order valence-corrected chi connectivity index (χ1v) is 8.77. The Bertz CT molecular complexity index is 661. The lowest BCUT2D eigenvalue weighted by Gasteiger charge is -2.12. The lowest BCUT2D eigenvalue weighted by atomic mass is 10.2. The predicted molar refractivity (Wildman–Crippen MR) is 95.8 cm³/mol. The minimum Gasteiger partial charge on any atom is -0.496 e. The van der Waals surface area contributed by atoms with Gasteiger partial charge in [0.2, 0.25) is 5.91 Å². The van der Waals surface area contributed by atoms with Gasteiger partial charge >= 0.3 is 0 Å². The molecule has 0 heterocycles. The molecule has 0 saturated heterocycles. The predicted octanol–water partition coefficient (Wildman–Crippen LogP) is 4.41. The average Bonchev–Trinajstić information content (AvgIpc) is 2.60. The second-order valence-electron chi connectivity index (χ2n) is 5.51. The summed E-state index contributed by atoms with van der Waals surface area (Å²) in [7, 11) is 1.62. The van der Waals surface area contributed by atoms with Crippen LogP contribution in [0.4, 0.5) is 4.39 Å². The maximum atomic E-state index is 12.9. The Hall–Kier alpha value is -2.01. The van der Waals surface area contributed by atoms with E-state index in [0.717, 1.165) is 22.6 Å². The van der Waals surface area contributed by atoms with Crippen molar-refractivity contribution in [3.05, 3.63) is 59.9 Å². The Kier molecular flexibility index (Phi) is 7.12. The van der Waals surface area contributed by atoms with Gasteiger partial charge in [0.15, 0.2) is 0 Å². The van der Waals surface area contributed by atoms with E-state index in [0.29, 0.717) is 13.0 Å². The largest absolute Gasteiger partial charge is 0.496 e. The van der Waals surface area contributed by atoms with Gasteiger partial charge in [-0.05, 0) is 36.8 Å². The molecule has 128 valence electrons. The molecule has 0 saturated carbocycles. The first-order chi connectivity index (χ1) is 11.6. The van der Waals surface area contributed by atoms with Gasteiger partial charge in [0.1, 0.15) is 11.6 Å². The van der Waals surface area contributed by atoms with E-state index in [4.69, 9.17) is 4.74 Å². The first-order valence-electron chi connectivity index (χ1n) is 7.89. The van der Waals surface area contributed by atoms with Crippen LogP contribution in [-0.2, 0) is 11.3 Å². The summed E-state index contributed by atoms with van der Waals surface area (Å²) in [5, 5.41) is 3.21. The van der Waals surface area contributed by atoms with Crippen LogP contribution in [0.15, 0.2) is 53.4 Å². The fraction of sp³-hybridized carbons (Fsp3) is 0.316. The molecule has 0 fully saturated rings. The van der Waals surface area contributed by atoms with Crippen LogP contribution in [-0.4, -0.2) is 18.3 Å². The normalized spacial score (nSPS) is 11.8. The zero-order valence-corrected chi connectivity index (χ0v) is 14.7. The molecule has 2 rings (SSSR count). The van der Waals surface area contributed by atoms with Crippen LogP contribution in [0, 0.1) is 5.82 Å². The fourth-order valence-electron chi connectivity index (χ4n) is 2.27. The Labute approximate surface area is 146 Å². The van der Waals surface area contributed by atoms with Gasteiger partial charge in [0.05, 0.1) is 7.11 Å². The highest BCUT2D eigenvalue weighted by Crippen LogP contribution is 2.26. The number of para-hydroxylation sites is 1. The lowest BCUT2D eigenvalue weighted by Crippen LogP contribution is -2.23. The molecule has 2 aromatic rings. The van der Waals surface area contributed by atoms with Crippen molar-refractivity contribution < 1.29 is 13.9 Å². The molecule has 1 N–H and O–H groups in total. The van der Waals surface area contributed by atoms with Crippen molar-refractivity contribution in [2.45, 2.75) is 36.5 Å². The van der Waals surface area contributed by atoms with Gasteiger partial charge < -0.3 is 10.1 Å². The number of nitrogens with one attached hydrogen (secondary N) is 1. The number of rotatable bonds is 8. The van der Waals surface area contributed by atoms with Crippen molar-refractivity contribution in [3.63, 3.8) is 0 Å². The number of hydrogen-bond acceptors (Lipinski definition) is 3. The van der Waals surface area contributed by atoms with Gasteiger partial charge in [-0.2, -0.15) is 0 Å². The van der Waals surface area contributed by atoms with E-state index < -0.39 is 0 Å². The number of methoxy groups -OCH3 is 1. The van der Waals surface area contributed by atoms with Gasteiger partial charge in [-0.1, -0.05) is 25.1 Å². The minimum absolute atomic E-state index is 0.0208. The number of ether oxygens (including phenoxy) is 1. The zero-order valence-electron chi connectivity index (χ0n) is 13.9. The minimum atomic E-state index is -0.234. The molecular weight excluding hydrogens is 325 g/mol. The van der Waals surface area contributed by atoms with E-state index in [9.17, 15) is 9.18 Å². The second-order valence-corrected chi connectivity index (χ2v) is 7.02. The van der Waals surface area contributed by atoms with Crippen LogP contribution < -0.4 is 10.1 Å². The van der Waals surface area contributed by atoms with E-state index in [-0.39, 0.29) is 17.0 Å². The Balaban J connectivity index is 1.73. The third-order valence-corrected chi connectivity index (χ3v) is 4.78. The molecule has 0 bridgehead atoms. The highest BCUT2D eigenvalue weighted by Gasteiger charge is 2.09. The number of amides is 1. The van der Waals surface area contributed by atoms with E-state index >= 15 is 0 Å². The van der Waals surface area contributed by atoms with E-state index in [1.165, 1.54) is 12.1 Å². The molecular formula is C19H22FNO2S. The number of carbonyl (C=O) groups is 1. The molecule has 5 heteroatoms. The van der Waals surface area contributed by atoms with Gasteiger partial charge in [0.25, 0.3) is 0 Å². The molecule has 1 amide bonds. The molecule has 0 spiro atoms. The zero-order chi connectivity index (χ0) is 17.4. The number of hydrogen-bond donors (Lipinski definition) is 1. The summed E-state index contributed by atoms with van der Waals surface area (Å²) in [4.78, 5) is 13.0. The van der Waals surface area contributed by atoms with E-state index in [2.05, 4.69) is 12.2 Å². The van der Waals surface area contributed by atoms with Crippen molar-refractivity contribution in [1.82, 2.24) is 5.32 Å². The van der Waals surface area contributed by atoms with Crippen LogP contribution in [0.5, 0.6) is 5.75 Å². The fourth-order valence-corrected chi connectivity index (χ4v) is 3.26. The maximum Gasteiger partial charge on any atom is 0.220 e. The molecule has 1 unspecified atom stereocenters. The Morgan fingerprint density at radius 2 is 1.92 bits per heavy atom. The summed E-state index contributed by atoms with van der Waals surface area (Å²) in [5.41, 5.74) is 0.960. The standard InChI is InChI=1S/C19H22FNO2S/c1-14(24-17-10-8-16(20)9-11-17)7-12-19(22)21-13-15-5-3-4-6-18(15)23-2/h3-6,8-11,14H,7,12-13H2,1-2H3,(H,21,22). The smallest absolute Gasteiger partial charge is 0.220 e. The molecule has 3 nitrogen and oxygen atoms in total. The lowest BCUT2D eigenvalue weighted by molar-refractivity contribution is -0.121. The van der Waals surface area contributed by atoms with Crippen LogP contribution >= 0.6 is 11.8 Å². The van der Waals surface area contributed by atoms with Gasteiger partial charge in [-0.25, -0.2) is 4.39 Å². The van der Waals surface area contributed by atoms with E-state index in [1.807, 2.05) is 24.3 Å². The third-order valence-electron chi connectivity index (χ3n) is 3.60. The molecule has 0 radical (unpaired) electrons. The van der Waals surface area contributed by atoms with Crippen LogP contribution in [0.2, 0.25) is 0 Å². The molecule has 24 heavy (non-hydrogen) atoms. The topological polar surface area (TPSA) is 38.3 Å². The number of thioether (sulfide) groups is 1. The number of carbonyl (C=O) groups excluding carboxylic acids is 1. The molecule has 0 aliphatic heterocycles. The Morgan fingerprint density at radius 3 is 2.62 bits per heavy atom. The van der Waals surface area contributed by atoms with E-state index in [1.54, 1.807) is 31.0 Å². The van der Waals surface area contributed by atoms with Gasteiger partial charge in [0, 0.05) is 28.7 Å². The molecule has 0 aliphatic carbocycles. The summed E-state index contributed by atoms with van der Waals surface area (Å²) in [6, 6.07) is 14.1. The Morgan fingerprint density at radius 1 is 1.21 bits per heavy atom. The van der Waals surface area contributed by atoms with Crippen molar-refractivity contribution in [2.75, 3.05) is 7.11 Å². The molecule has 1 atom stereocenters. The number of benzene rings is 2. The summed E-state index contributed by atoms with van der Waals surface area (Å²) in [6.45, 7) is 2.53. The summed E-state index contributed by atoms with van der Waals surface area (Å²) < 4.78 is 18.2.